The molecule has 1 rings (SSSR count). The Hall–Kier alpha value is -0.0400. The van der Waals surface area contributed by atoms with Gasteiger partial charge in [-0.1, -0.05) is 27.2 Å². The first-order chi connectivity index (χ1) is 5.37. The van der Waals surface area contributed by atoms with E-state index in [-0.39, 0.29) is 0 Å². The van der Waals surface area contributed by atoms with E-state index < -0.39 is 0 Å². The highest BCUT2D eigenvalue weighted by Gasteiger charge is 2.38. The summed E-state index contributed by atoms with van der Waals surface area (Å²) < 4.78 is 0. The van der Waals surface area contributed by atoms with Gasteiger partial charge in [-0.3, -0.25) is 0 Å². The Morgan fingerprint density at radius 1 is 1.42 bits per heavy atom. The van der Waals surface area contributed by atoms with Crippen LogP contribution in [0.1, 0.15) is 47.5 Å². The van der Waals surface area contributed by atoms with Crippen molar-refractivity contribution >= 4 is 0 Å². The SMILES string of the molecule is CCC(C)(C)C1CNC(C)(C)C1. The molecule has 72 valence electrons. The molecule has 0 radical (unpaired) electrons. The van der Waals surface area contributed by atoms with Crippen molar-refractivity contribution in [3.8, 4) is 0 Å². The Morgan fingerprint density at radius 2 is 2.00 bits per heavy atom. The van der Waals surface area contributed by atoms with E-state index in [2.05, 4.69) is 39.9 Å². The zero-order valence-electron chi connectivity index (χ0n) is 9.20. The van der Waals surface area contributed by atoms with Crippen LogP contribution in [-0.4, -0.2) is 12.1 Å². The minimum Gasteiger partial charge on any atom is -0.311 e. The number of nitrogens with one attached hydrogen (secondary N) is 1. The van der Waals surface area contributed by atoms with Crippen LogP contribution in [0.25, 0.3) is 0 Å². The van der Waals surface area contributed by atoms with Crippen LogP contribution in [0.5, 0.6) is 0 Å². The summed E-state index contributed by atoms with van der Waals surface area (Å²) in [5.74, 6) is 0.859. The minimum atomic E-state index is 0.372. The monoisotopic (exact) mass is 169 g/mol. The highest BCUT2D eigenvalue weighted by atomic mass is 15.0. The molecule has 1 N–H and O–H groups in total. The van der Waals surface area contributed by atoms with Gasteiger partial charge in [-0.05, 0) is 38.1 Å². The smallest absolute Gasteiger partial charge is 0.0128 e. The van der Waals surface area contributed by atoms with E-state index in [9.17, 15) is 0 Å². The van der Waals surface area contributed by atoms with Crippen LogP contribution < -0.4 is 5.32 Å². The maximum atomic E-state index is 3.59. The van der Waals surface area contributed by atoms with Crippen LogP contribution in [-0.2, 0) is 0 Å². The molecule has 0 aliphatic carbocycles. The third-order valence-electron chi connectivity index (χ3n) is 3.60. The van der Waals surface area contributed by atoms with Gasteiger partial charge in [0.1, 0.15) is 0 Å². The molecule has 1 aliphatic rings. The van der Waals surface area contributed by atoms with Crippen molar-refractivity contribution in [1.29, 1.82) is 0 Å². The topological polar surface area (TPSA) is 12.0 Å². The van der Waals surface area contributed by atoms with Gasteiger partial charge in [0.2, 0.25) is 0 Å². The van der Waals surface area contributed by atoms with Crippen LogP contribution >= 0.6 is 0 Å². The molecule has 0 bridgehead atoms. The molecule has 1 aliphatic heterocycles. The van der Waals surface area contributed by atoms with Crippen LogP contribution in [0.4, 0.5) is 0 Å². The molecular weight excluding hydrogens is 146 g/mol. The standard InChI is InChI=1S/C11H23N/c1-6-10(2,3)9-7-11(4,5)12-8-9/h9,12H,6-8H2,1-5H3. The van der Waals surface area contributed by atoms with Gasteiger partial charge in [-0.15, -0.1) is 0 Å². The van der Waals surface area contributed by atoms with Crippen molar-refractivity contribution in [3.63, 3.8) is 0 Å². The lowest BCUT2D eigenvalue weighted by Gasteiger charge is -2.30. The van der Waals surface area contributed by atoms with Crippen molar-refractivity contribution < 1.29 is 0 Å². The second kappa shape index (κ2) is 3.02. The summed E-state index contributed by atoms with van der Waals surface area (Å²) in [6, 6.07) is 0. The van der Waals surface area contributed by atoms with Crippen molar-refractivity contribution in [1.82, 2.24) is 5.32 Å². The predicted octanol–water partition coefficient (Wildman–Crippen LogP) is 2.81. The van der Waals surface area contributed by atoms with Gasteiger partial charge in [-0.25, -0.2) is 0 Å². The summed E-state index contributed by atoms with van der Waals surface area (Å²) in [7, 11) is 0. The zero-order valence-corrected chi connectivity index (χ0v) is 9.20. The fraction of sp³-hybridized carbons (Fsp3) is 1.00. The average molecular weight is 169 g/mol. The Morgan fingerprint density at radius 3 is 2.33 bits per heavy atom. The normalized spacial score (nSPS) is 29.2. The first kappa shape index (κ1) is 10.0. The van der Waals surface area contributed by atoms with Gasteiger partial charge in [0, 0.05) is 5.54 Å². The second-order valence-electron chi connectivity index (χ2n) is 5.51. The summed E-state index contributed by atoms with van der Waals surface area (Å²) in [6.45, 7) is 12.9. The predicted molar refractivity (Wildman–Crippen MR) is 54.3 cm³/mol. The van der Waals surface area contributed by atoms with E-state index in [0.717, 1.165) is 5.92 Å². The highest BCUT2D eigenvalue weighted by molar-refractivity contribution is 4.94. The fourth-order valence-electron chi connectivity index (χ4n) is 2.00. The van der Waals surface area contributed by atoms with Crippen molar-refractivity contribution in [3.05, 3.63) is 0 Å². The van der Waals surface area contributed by atoms with E-state index in [4.69, 9.17) is 0 Å². The number of hydrogen-bond acceptors (Lipinski definition) is 1. The molecule has 0 saturated carbocycles. The summed E-state index contributed by atoms with van der Waals surface area (Å²) in [6.07, 6.45) is 2.61. The Bertz CT molecular complexity index is 158. The molecule has 0 aromatic rings. The Balaban J connectivity index is 2.58. The Labute approximate surface area is 76.9 Å². The number of rotatable bonds is 2. The first-order valence-electron chi connectivity index (χ1n) is 5.12. The summed E-state index contributed by atoms with van der Waals surface area (Å²) in [5.41, 5.74) is 0.887. The summed E-state index contributed by atoms with van der Waals surface area (Å²) >= 11 is 0. The molecule has 0 amide bonds. The lowest BCUT2D eigenvalue weighted by atomic mass is 9.74. The van der Waals surface area contributed by atoms with Gasteiger partial charge in [0.25, 0.3) is 0 Å². The quantitative estimate of drug-likeness (QED) is 0.670. The van der Waals surface area contributed by atoms with Crippen molar-refractivity contribution in [2.24, 2.45) is 11.3 Å². The number of hydrogen-bond donors (Lipinski definition) is 1. The molecule has 1 nitrogen and oxygen atoms in total. The molecule has 12 heavy (non-hydrogen) atoms. The van der Waals surface area contributed by atoms with Gasteiger partial charge in [0.15, 0.2) is 0 Å². The zero-order chi connectivity index (χ0) is 9.41. The van der Waals surface area contributed by atoms with Crippen LogP contribution in [0.3, 0.4) is 0 Å². The van der Waals surface area contributed by atoms with Crippen molar-refractivity contribution in [2.45, 2.75) is 53.0 Å². The lowest BCUT2D eigenvalue weighted by Crippen LogP contribution is -2.31. The van der Waals surface area contributed by atoms with E-state index >= 15 is 0 Å². The van der Waals surface area contributed by atoms with E-state index in [0.29, 0.717) is 11.0 Å². The van der Waals surface area contributed by atoms with Crippen molar-refractivity contribution in [2.75, 3.05) is 6.54 Å². The molecule has 0 aromatic heterocycles. The molecule has 1 atom stereocenters. The van der Waals surface area contributed by atoms with E-state index in [1.807, 2.05) is 0 Å². The maximum Gasteiger partial charge on any atom is 0.0128 e. The molecule has 1 unspecified atom stereocenters. The van der Waals surface area contributed by atoms with Gasteiger partial charge < -0.3 is 5.32 Å². The fourth-order valence-corrected chi connectivity index (χ4v) is 2.00. The van der Waals surface area contributed by atoms with Gasteiger partial charge in [-0.2, -0.15) is 0 Å². The average Bonchev–Trinajstić information content (AvgIpc) is 2.31. The molecule has 1 saturated heterocycles. The highest BCUT2D eigenvalue weighted by Crippen LogP contribution is 2.38. The van der Waals surface area contributed by atoms with Gasteiger partial charge >= 0.3 is 0 Å². The first-order valence-corrected chi connectivity index (χ1v) is 5.12. The van der Waals surface area contributed by atoms with Gasteiger partial charge in [0.05, 0.1) is 0 Å². The second-order valence-corrected chi connectivity index (χ2v) is 5.51. The molecule has 0 spiro atoms. The molecule has 1 fully saturated rings. The summed E-state index contributed by atoms with van der Waals surface area (Å²) in [4.78, 5) is 0. The maximum absolute atomic E-state index is 3.59. The Kier molecular flexibility index (Phi) is 2.53. The third kappa shape index (κ3) is 2.01. The minimum absolute atomic E-state index is 0.372. The van der Waals surface area contributed by atoms with Crippen LogP contribution in [0.2, 0.25) is 0 Å². The summed E-state index contributed by atoms with van der Waals surface area (Å²) in [5, 5.41) is 3.59. The van der Waals surface area contributed by atoms with E-state index in [1.54, 1.807) is 0 Å². The van der Waals surface area contributed by atoms with Crippen LogP contribution in [0.15, 0.2) is 0 Å². The third-order valence-corrected chi connectivity index (χ3v) is 3.60. The molecule has 1 heterocycles. The molecule has 1 heteroatoms. The van der Waals surface area contributed by atoms with Crippen LogP contribution in [0, 0.1) is 11.3 Å². The largest absolute Gasteiger partial charge is 0.311 e. The molecule has 0 aromatic carbocycles. The van der Waals surface area contributed by atoms with E-state index in [1.165, 1.54) is 19.4 Å². The lowest BCUT2D eigenvalue weighted by molar-refractivity contribution is 0.212. The molecular formula is C11H23N.